The largest absolute Gasteiger partial charge is 0.384 e. The number of carbonyl (C=O) groups is 1. The Hall–Kier alpha value is -2.51. The second-order valence-corrected chi connectivity index (χ2v) is 8.78. The average Bonchev–Trinajstić information content (AvgIpc) is 2.79. The fourth-order valence-electron chi connectivity index (χ4n) is 4.60. The molecule has 1 saturated carbocycles. The standard InChI is InChI=1S/C24H33N5O2/c1-17-12-19(18-8-9-23(25)26-14-18)13-21(27-17)22-15-29(10-11-31-22)16-24(30)28(2)20-6-4-3-5-7-20/h8-9,12-14,20,22H,3-7,10-11,15-16H2,1-2H3,(H2,25,26)/t22-/m0/s1. The van der Waals surface area contributed by atoms with Crippen LogP contribution in [0, 0.1) is 6.92 Å². The van der Waals surface area contributed by atoms with Crippen molar-refractivity contribution >= 4 is 11.7 Å². The van der Waals surface area contributed by atoms with Gasteiger partial charge in [-0.15, -0.1) is 0 Å². The van der Waals surface area contributed by atoms with Crippen molar-refractivity contribution in [2.24, 2.45) is 0 Å². The molecule has 2 N–H and O–H groups in total. The highest BCUT2D eigenvalue weighted by Crippen LogP contribution is 2.27. The smallest absolute Gasteiger partial charge is 0.236 e. The lowest BCUT2D eigenvalue weighted by atomic mass is 9.94. The Labute approximate surface area is 184 Å². The van der Waals surface area contributed by atoms with E-state index >= 15 is 0 Å². The number of hydrogen-bond donors (Lipinski definition) is 1. The molecule has 0 spiro atoms. The van der Waals surface area contributed by atoms with Crippen molar-refractivity contribution in [1.29, 1.82) is 0 Å². The molecule has 0 bridgehead atoms. The molecule has 7 nitrogen and oxygen atoms in total. The van der Waals surface area contributed by atoms with Gasteiger partial charge in [0.2, 0.25) is 5.91 Å². The normalized spacial score (nSPS) is 20.5. The van der Waals surface area contributed by atoms with E-state index in [1.54, 1.807) is 12.3 Å². The molecule has 166 valence electrons. The van der Waals surface area contributed by atoms with Crippen molar-refractivity contribution < 1.29 is 9.53 Å². The predicted molar refractivity (Wildman–Crippen MR) is 121 cm³/mol. The maximum absolute atomic E-state index is 12.9. The number of rotatable bonds is 5. The quantitative estimate of drug-likeness (QED) is 0.795. The van der Waals surface area contributed by atoms with Gasteiger partial charge in [-0.25, -0.2) is 4.98 Å². The van der Waals surface area contributed by atoms with E-state index < -0.39 is 0 Å². The van der Waals surface area contributed by atoms with Gasteiger partial charge >= 0.3 is 0 Å². The van der Waals surface area contributed by atoms with E-state index in [2.05, 4.69) is 16.0 Å². The number of pyridine rings is 2. The van der Waals surface area contributed by atoms with E-state index in [9.17, 15) is 4.79 Å². The molecule has 1 amide bonds. The van der Waals surface area contributed by atoms with Crippen LogP contribution in [0.1, 0.15) is 49.6 Å². The van der Waals surface area contributed by atoms with E-state index in [0.717, 1.165) is 41.9 Å². The van der Waals surface area contributed by atoms with Crippen LogP contribution >= 0.6 is 0 Å². The zero-order chi connectivity index (χ0) is 21.8. The van der Waals surface area contributed by atoms with Gasteiger partial charge in [0, 0.05) is 43.6 Å². The molecule has 31 heavy (non-hydrogen) atoms. The topological polar surface area (TPSA) is 84.6 Å². The molecule has 0 radical (unpaired) electrons. The zero-order valence-corrected chi connectivity index (χ0v) is 18.6. The molecule has 4 rings (SSSR count). The molecule has 1 aliphatic heterocycles. The number of anilines is 1. The predicted octanol–water partition coefficient (Wildman–Crippen LogP) is 3.20. The first-order valence-electron chi connectivity index (χ1n) is 11.3. The molecule has 1 saturated heterocycles. The number of hydrogen-bond acceptors (Lipinski definition) is 6. The van der Waals surface area contributed by atoms with Crippen molar-refractivity contribution in [2.75, 3.05) is 39.0 Å². The van der Waals surface area contributed by atoms with E-state index in [-0.39, 0.29) is 12.0 Å². The number of aryl methyl sites for hydroxylation is 1. The van der Waals surface area contributed by atoms with Crippen molar-refractivity contribution in [3.05, 3.63) is 41.9 Å². The molecule has 2 fully saturated rings. The summed E-state index contributed by atoms with van der Waals surface area (Å²) in [4.78, 5) is 26.0. The highest BCUT2D eigenvalue weighted by Gasteiger charge is 2.28. The zero-order valence-electron chi connectivity index (χ0n) is 18.6. The van der Waals surface area contributed by atoms with Gasteiger partial charge in [-0.2, -0.15) is 0 Å². The minimum Gasteiger partial charge on any atom is -0.384 e. The third kappa shape index (κ3) is 5.40. The molecule has 0 unspecified atom stereocenters. The minimum atomic E-state index is -0.151. The van der Waals surface area contributed by atoms with Crippen LogP contribution in [0.4, 0.5) is 5.82 Å². The van der Waals surface area contributed by atoms with Gasteiger partial charge < -0.3 is 15.4 Å². The van der Waals surface area contributed by atoms with E-state index in [1.807, 2.05) is 31.0 Å². The van der Waals surface area contributed by atoms with Gasteiger partial charge in [0.25, 0.3) is 0 Å². The molecule has 0 aromatic carbocycles. The number of aromatic nitrogens is 2. The van der Waals surface area contributed by atoms with Gasteiger partial charge in [0.1, 0.15) is 11.9 Å². The van der Waals surface area contributed by atoms with Crippen LogP contribution in [0.2, 0.25) is 0 Å². The number of amides is 1. The number of carbonyl (C=O) groups excluding carboxylic acids is 1. The maximum atomic E-state index is 12.9. The Bertz CT molecular complexity index is 895. The third-order valence-corrected chi connectivity index (χ3v) is 6.45. The van der Waals surface area contributed by atoms with E-state index in [0.29, 0.717) is 31.6 Å². The highest BCUT2D eigenvalue weighted by atomic mass is 16.5. The van der Waals surface area contributed by atoms with Gasteiger partial charge in [0.05, 0.1) is 18.8 Å². The first kappa shape index (κ1) is 21.7. The second kappa shape index (κ2) is 9.75. The lowest BCUT2D eigenvalue weighted by Gasteiger charge is -2.36. The van der Waals surface area contributed by atoms with Crippen molar-refractivity contribution in [3.8, 4) is 11.1 Å². The Morgan fingerprint density at radius 3 is 2.77 bits per heavy atom. The molecule has 2 aromatic rings. The van der Waals surface area contributed by atoms with Gasteiger partial charge in [-0.3, -0.25) is 14.7 Å². The summed E-state index contributed by atoms with van der Waals surface area (Å²) >= 11 is 0. The third-order valence-electron chi connectivity index (χ3n) is 6.45. The van der Waals surface area contributed by atoms with E-state index in [4.69, 9.17) is 15.5 Å². The summed E-state index contributed by atoms with van der Waals surface area (Å²) in [6.45, 7) is 4.45. The molecular formula is C24H33N5O2. The number of morpholine rings is 1. The number of ether oxygens (including phenoxy) is 1. The first-order valence-corrected chi connectivity index (χ1v) is 11.3. The average molecular weight is 424 g/mol. The summed E-state index contributed by atoms with van der Waals surface area (Å²) in [5.41, 5.74) is 9.59. The van der Waals surface area contributed by atoms with Crippen LogP contribution < -0.4 is 5.73 Å². The van der Waals surface area contributed by atoms with E-state index in [1.165, 1.54) is 19.3 Å². The maximum Gasteiger partial charge on any atom is 0.236 e. The fraction of sp³-hybridized carbons (Fsp3) is 0.542. The molecule has 1 aliphatic carbocycles. The van der Waals surface area contributed by atoms with Crippen molar-refractivity contribution in [1.82, 2.24) is 19.8 Å². The van der Waals surface area contributed by atoms with Crippen LogP contribution in [0.15, 0.2) is 30.5 Å². The highest BCUT2D eigenvalue weighted by molar-refractivity contribution is 5.78. The summed E-state index contributed by atoms with van der Waals surface area (Å²) < 4.78 is 6.05. The molecule has 2 aliphatic rings. The number of nitrogens with zero attached hydrogens (tertiary/aromatic N) is 4. The monoisotopic (exact) mass is 423 g/mol. The van der Waals surface area contributed by atoms with Crippen LogP contribution in [0.25, 0.3) is 11.1 Å². The number of nitrogen functional groups attached to an aromatic ring is 1. The van der Waals surface area contributed by atoms with Crippen LogP contribution in [-0.2, 0) is 9.53 Å². The second-order valence-electron chi connectivity index (χ2n) is 8.78. The Morgan fingerprint density at radius 2 is 2.03 bits per heavy atom. The van der Waals surface area contributed by atoms with Crippen LogP contribution in [0.5, 0.6) is 0 Å². The van der Waals surface area contributed by atoms with Gasteiger partial charge in [-0.1, -0.05) is 19.3 Å². The molecule has 3 heterocycles. The lowest BCUT2D eigenvalue weighted by molar-refractivity contribution is -0.135. The van der Waals surface area contributed by atoms with Crippen LogP contribution in [0.3, 0.4) is 0 Å². The minimum absolute atomic E-state index is 0.151. The Morgan fingerprint density at radius 1 is 1.23 bits per heavy atom. The molecule has 1 atom stereocenters. The summed E-state index contributed by atoms with van der Waals surface area (Å²) in [5.74, 6) is 0.710. The fourth-order valence-corrected chi connectivity index (χ4v) is 4.60. The van der Waals surface area contributed by atoms with Crippen LogP contribution in [-0.4, -0.2) is 65.0 Å². The molecule has 7 heteroatoms. The molecule has 2 aromatic heterocycles. The number of likely N-dealkylation sites (N-methyl/N-ethyl adjacent to an activating group) is 1. The lowest BCUT2D eigenvalue weighted by Crippen LogP contribution is -2.47. The summed E-state index contributed by atoms with van der Waals surface area (Å²) in [6, 6.07) is 8.27. The molecular weight excluding hydrogens is 390 g/mol. The van der Waals surface area contributed by atoms with Gasteiger partial charge in [0.15, 0.2) is 0 Å². The summed E-state index contributed by atoms with van der Waals surface area (Å²) in [5, 5.41) is 0. The first-order chi connectivity index (χ1) is 15.0. The summed E-state index contributed by atoms with van der Waals surface area (Å²) in [6.07, 6.45) is 7.64. The van der Waals surface area contributed by atoms with Crippen molar-refractivity contribution in [3.63, 3.8) is 0 Å². The Balaban J connectivity index is 1.43. The van der Waals surface area contributed by atoms with Gasteiger partial charge in [-0.05, 0) is 49.6 Å². The van der Waals surface area contributed by atoms with Crippen molar-refractivity contribution in [2.45, 2.75) is 51.2 Å². The Kier molecular flexibility index (Phi) is 6.83. The number of nitrogens with two attached hydrogens (primary N) is 1. The SMILES string of the molecule is Cc1cc(-c2ccc(N)nc2)cc([C@@H]2CN(CC(=O)N(C)C3CCCCC3)CCO2)n1. The summed E-state index contributed by atoms with van der Waals surface area (Å²) in [7, 11) is 1.96.